The molecule has 1 N–H and O–H groups in total. The Morgan fingerprint density at radius 3 is 2.81 bits per heavy atom. The zero-order valence-electron chi connectivity index (χ0n) is 12.6. The van der Waals surface area contributed by atoms with Gasteiger partial charge in [0.15, 0.2) is 0 Å². The van der Waals surface area contributed by atoms with Crippen LogP contribution in [0.1, 0.15) is 22.8 Å². The van der Waals surface area contributed by atoms with Gasteiger partial charge in [0.25, 0.3) is 0 Å². The van der Waals surface area contributed by atoms with Gasteiger partial charge in [-0.1, -0.05) is 18.2 Å². The van der Waals surface area contributed by atoms with Gasteiger partial charge in [-0.15, -0.1) is 0 Å². The smallest absolute Gasteiger partial charge is 0.342 e. The van der Waals surface area contributed by atoms with Crippen molar-refractivity contribution in [2.45, 2.75) is 13.8 Å². The van der Waals surface area contributed by atoms with E-state index in [0.29, 0.717) is 31.1 Å². The van der Waals surface area contributed by atoms with Crippen molar-refractivity contribution < 1.29 is 14.3 Å². The Hall–Kier alpha value is -2.14. The predicted molar refractivity (Wildman–Crippen MR) is 82.8 cm³/mol. The number of pyridine rings is 1. The van der Waals surface area contributed by atoms with Crippen LogP contribution in [0.2, 0.25) is 0 Å². The molecule has 112 valence electrons. The van der Waals surface area contributed by atoms with E-state index >= 15 is 0 Å². The molecule has 0 bridgehead atoms. The monoisotopic (exact) mass is 288 g/mol. The van der Waals surface area contributed by atoms with Crippen LogP contribution in [0.3, 0.4) is 0 Å². The molecule has 5 nitrogen and oxygen atoms in total. The molecule has 0 aliphatic rings. The summed E-state index contributed by atoms with van der Waals surface area (Å²) >= 11 is 0. The zero-order valence-corrected chi connectivity index (χ0v) is 12.6. The summed E-state index contributed by atoms with van der Waals surface area (Å²) in [6.07, 6.45) is 0. The van der Waals surface area contributed by atoms with E-state index in [1.165, 1.54) is 0 Å². The van der Waals surface area contributed by atoms with E-state index in [4.69, 9.17) is 9.47 Å². The third-order valence-electron chi connectivity index (χ3n) is 3.23. The van der Waals surface area contributed by atoms with Gasteiger partial charge in [0, 0.05) is 19.0 Å². The first-order chi connectivity index (χ1) is 10.2. The summed E-state index contributed by atoms with van der Waals surface area (Å²) in [5, 5.41) is 4.11. The zero-order chi connectivity index (χ0) is 15.2. The van der Waals surface area contributed by atoms with E-state index in [-0.39, 0.29) is 5.97 Å². The van der Waals surface area contributed by atoms with Crippen LogP contribution in [0.4, 0.5) is 5.82 Å². The van der Waals surface area contributed by atoms with Crippen molar-refractivity contribution in [3.8, 4) is 0 Å². The highest BCUT2D eigenvalue weighted by molar-refractivity contribution is 6.02. The molecule has 1 heterocycles. The molecule has 2 aromatic rings. The average molecular weight is 288 g/mol. The Bertz CT molecular complexity index is 641. The number of nitrogens with one attached hydrogen (secondary N) is 1. The minimum atomic E-state index is -0.354. The molecule has 5 heteroatoms. The van der Waals surface area contributed by atoms with Gasteiger partial charge in [-0.3, -0.25) is 0 Å². The minimum Gasteiger partial charge on any atom is -0.462 e. The molecule has 21 heavy (non-hydrogen) atoms. The molecule has 0 atom stereocenters. The molecule has 0 saturated heterocycles. The van der Waals surface area contributed by atoms with Gasteiger partial charge in [-0.25, -0.2) is 9.78 Å². The number of hydrogen-bond donors (Lipinski definition) is 1. The average Bonchev–Trinajstić information content (AvgIpc) is 2.48. The highest BCUT2D eigenvalue weighted by Crippen LogP contribution is 2.26. The van der Waals surface area contributed by atoms with Gasteiger partial charge < -0.3 is 14.8 Å². The Balaban J connectivity index is 2.51. The van der Waals surface area contributed by atoms with Crippen LogP contribution in [0.5, 0.6) is 0 Å². The number of anilines is 1. The van der Waals surface area contributed by atoms with E-state index in [2.05, 4.69) is 10.3 Å². The quantitative estimate of drug-likeness (QED) is 0.654. The molecule has 0 radical (unpaired) electrons. The third-order valence-corrected chi connectivity index (χ3v) is 3.23. The number of methoxy groups -OCH3 is 1. The number of carbonyl (C=O) groups is 1. The van der Waals surface area contributed by atoms with Crippen LogP contribution in [0.15, 0.2) is 24.3 Å². The summed E-state index contributed by atoms with van der Waals surface area (Å²) < 4.78 is 10.2. The molecule has 0 unspecified atom stereocenters. The van der Waals surface area contributed by atoms with Crippen LogP contribution in [-0.4, -0.2) is 37.8 Å². The maximum atomic E-state index is 12.2. The second-order valence-corrected chi connectivity index (χ2v) is 4.62. The molecule has 0 saturated carbocycles. The lowest BCUT2D eigenvalue weighted by molar-refractivity contribution is 0.0526. The van der Waals surface area contributed by atoms with Crippen LogP contribution < -0.4 is 5.32 Å². The first kappa shape index (κ1) is 15.3. The molecular formula is C16H20N2O3. The predicted octanol–water partition coefficient (Wildman–Crippen LogP) is 2.78. The highest BCUT2D eigenvalue weighted by atomic mass is 16.5. The van der Waals surface area contributed by atoms with Gasteiger partial charge in [0.1, 0.15) is 11.4 Å². The third kappa shape index (κ3) is 3.31. The largest absolute Gasteiger partial charge is 0.462 e. The first-order valence-corrected chi connectivity index (χ1v) is 6.98. The Morgan fingerprint density at radius 2 is 2.10 bits per heavy atom. The maximum absolute atomic E-state index is 12.2. The van der Waals surface area contributed by atoms with E-state index in [1.54, 1.807) is 14.0 Å². The van der Waals surface area contributed by atoms with Gasteiger partial charge in [0.2, 0.25) is 0 Å². The first-order valence-electron chi connectivity index (χ1n) is 6.98. The number of aromatic nitrogens is 1. The van der Waals surface area contributed by atoms with E-state index in [1.807, 2.05) is 31.2 Å². The topological polar surface area (TPSA) is 60.5 Å². The molecular weight excluding hydrogens is 268 g/mol. The Morgan fingerprint density at radius 1 is 1.33 bits per heavy atom. The summed E-state index contributed by atoms with van der Waals surface area (Å²) in [6, 6.07) is 7.75. The summed E-state index contributed by atoms with van der Waals surface area (Å²) in [6.45, 7) is 5.16. The standard InChI is InChI=1S/C16H20N2O3/c1-4-21-16(19)14-11(2)12-7-5-6-8-13(12)18-15(14)17-9-10-20-3/h5-8H,4,9-10H2,1-3H3,(H,17,18). The fraction of sp³-hybridized carbons (Fsp3) is 0.375. The molecule has 0 amide bonds. The molecule has 0 spiro atoms. The SMILES string of the molecule is CCOC(=O)c1c(NCCOC)nc2ccccc2c1C. The lowest BCUT2D eigenvalue weighted by Gasteiger charge is -2.14. The van der Waals surface area contributed by atoms with Crippen molar-refractivity contribution in [1.82, 2.24) is 4.98 Å². The maximum Gasteiger partial charge on any atom is 0.342 e. The van der Waals surface area contributed by atoms with E-state index in [0.717, 1.165) is 16.5 Å². The number of esters is 1. The lowest BCUT2D eigenvalue weighted by Crippen LogP contribution is -2.16. The van der Waals surface area contributed by atoms with E-state index < -0.39 is 0 Å². The highest BCUT2D eigenvalue weighted by Gasteiger charge is 2.19. The van der Waals surface area contributed by atoms with Crippen molar-refractivity contribution in [2.24, 2.45) is 0 Å². The number of aryl methyl sites for hydroxylation is 1. The van der Waals surface area contributed by atoms with Crippen molar-refractivity contribution in [3.63, 3.8) is 0 Å². The number of nitrogens with zero attached hydrogens (tertiary/aromatic N) is 1. The molecule has 0 aliphatic heterocycles. The van der Waals surface area contributed by atoms with Gasteiger partial charge in [-0.05, 0) is 25.5 Å². The number of ether oxygens (including phenoxy) is 2. The fourth-order valence-corrected chi connectivity index (χ4v) is 2.23. The molecule has 0 aliphatic carbocycles. The van der Waals surface area contributed by atoms with Crippen molar-refractivity contribution in [2.75, 3.05) is 32.2 Å². The molecule has 1 aromatic heterocycles. The van der Waals surface area contributed by atoms with Crippen LogP contribution >= 0.6 is 0 Å². The fourth-order valence-electron chi connectivity index (χ4n) is 2.23. The minimum absolute atomic E-state index is 0.336. The summed E-state index contributed by atoms with van der Waals surface area (Å²) in [4.78, 5) is 16.8. The van der Waals surface area contributed by atoms with Crippen molar-refractivity contribution in [3.05, 3.63) is 35.4 Å². The number of fused-ring (bicyclic) bond motifs is 1. The van der Waals surface area contributed by atoms with Gasteiger partial charge >= 0.3 is 5.97 Å². The summed E-state index contributed by atoms with van der Waals surface area (Å²) in [5.41, 5.74) is 2.22. The summed E-state index contributed by atoms with van der Waals surface area (Å²) in [7, 11) is 1.63. The lowest BCUT2D eigenvalue weighted by atomic mass is 10.0. The molecule has 1 aromatic carbocycles. The number of rotatable bonds is 6. The normalized spacial score (nSPS) is 10.6. The second-order valence-electron chi connectivity index (χ2n) is 4.62. The Kier molecular flexibility index (Phi) is 5.11. The van der Waals surface area contributed by atoms with Crippen LogP contribution in [0, 0.1) is 6.92 Å². The number of hydrogen-bond acceptors (Lipinski definition) is 5. The molecule has 2 rings (SSSR count). The van der Waals surface area contributed by atoms with Crippen molar-refractivity contribution >= 4 is 22.7 Å². The van der Waals surface area contributed by atoms with Crippen LogP contribution in [-0.2, 0) is 9.47 Å². The Labute approximate surface area is 124 Å². The van der Waals surface area contributed by atoms with Crippen LogP contribution in [0.25, 0.3) is 10.9 Å². The van der Waals surface area contributed by atoms with Gasteiger partial charge in [-0.2, -0.15) is 0 Å². The van der Waals surface area contributed by atoms with E-state index in [9.17, 15) is 4.79 Å². The molecule has 0 fully saturated rings. The summed E-state index contributed by atoms with van der Waals surface area (Å²) in [5.74, 6) is 0.190. The van der Waals surface area contributed by atoms with Gasteiger partial charge in [0.05, 0.1) is 18.7 Å². The number of benzene rings is 1. The number of para-hydroxylation sites is 1. The second kappa shape index (κ2) is 7.04. The van der Waals surface area contributed by atoms with Crippen molar-refractivity contribution in [1.29, 1.82) is 0 Å². The number of carbonyl (C=O) groups excluding carboxylic acids is 1.